The molecule has 2 nitrogen and oxygen atoms in total. The quantitative estimate of drug-likeness (QED) is 0.443. The second-order valence-electron chi connectivity index (χ2n) is 6.25. The minimum Gasteiger partial charge on any atom is -0.288 e. The van der Waals surface area contributed by atoms with Gasteiger partial charge in [-0.25, -0.2) is 4.98 Å². The van der Waals surface area contributed by atoms with E-state index in [9.17, 15) is 0 Å². The number of aromatic nitrogens is 2. The Morgan fingerprint density at radius 2 is 1.88 bits per heavy atom. The van der Waals surface area contributed by atoms with Crippen LogP contribution in [0, 0.1) is 6.92 Å². The predicted octanol–water partition coefficient (Wildman–Crippen LogP) is 6.76. The fraction of sp³-hybridized carbons (Fsp3) is 0.350. The smallest absolute Gasteiger partial charge is 0.166 e. The van der Waals surface area contributed by atoms with Crippen molar-refractivity contribution < 1.29 is 0 Å². The minimum atomic E-state index is 0.348. The second kappa shape index (κ2) is 7.58. The molecule has 0 aliphatic rings. The average Bonchev–Trinajstić information content (AvgIpc) is 2.90. The van der Waals surface area contributed by atoms with Crippen molar-refractivity contribution in [2.75, 3.05) is 0 Å². The Balaban J connectivity index is 2.15. The first-order valence-electron chi connectivity index (χ1n) is 8.53. The molecule has 24 heavy (non-hydrogen) atoms. The highest BCUT2D eigenvalue weighted by Gasteiger charge is 2.16. The van der Waals surface area contributed by atoms with Crippen molar-refractivity contribution in [1.29, 1.82) is 0 Å². The lowest BCUT2D eigenvalue weighted by atomic mass is 9.94. The zero-order chi connectivity index (χ0) is 17.1. The van der Waals surface area contributed by atoms with Crippen LogP contribution in [0.2, 0.25) is 10.3 Å². The highest BCUT2D eigenvalue weighted by atomic mass is 35.5. The van der Waals surface area contributed by atoms with Crippen LogP contribution in [-0.2, 0) is 6.42 Å². The Bertz CT molecular complexity index is 852. The number of unbranched alkanes of at least 4 members (excludes halogenated alkanes) is 3. The molecule has 3 rings (SSSR count). The molecule has 0 amide bonds. The van der Waals surface area contributed by atoms with Crippen LogP contribution in [0.25, 0.3) is 16.5 Å². The molecular weight excluding hydrogens is 339 g/mol. The number of hydrogen-bond donors (Lipinski definition) is 0. The van der Waals surface area contributed by atoms with E-state index in [0.29, 0.717) is 10.3 Å². The number of halogens is 2. The summed E-state index contributed by atoms with van der Waals surface area (Å²) < 4.78 is 1.92. The highest BCUT2D eigenvalue weighted by Crippen LogP contribution is 2.33. The van der Waals surface area contributed by atoms with Gasteiger partial charge in [0.2, 0.25) is 0 Å². The summed E-state index contributed by atoms with van der Waals surface area (Å²) in [4.78, 5) is 4.16. The van der Waals surface area contributed by atoms with E-state index in [0.717, 1.165) is 12.1 Å². The third-order valence-corrected chi connectivity index (χ3v) is 5.24. The monoisotopic (exact) mass is 360 g/mol. The molecule has 0 fully saturated rings. The minimum absolute atomic E-state index is 0.348. The summed E-state index contributed by atoms with van der Waals surface area (Å²) in [5, 5.41) is 3.38. The zero-order valence-electron chi connectivity index (χ0n) is 14.1. The molecule has 0 atom stereocenters. The normalized spacial score (nSPS) is 11.3. The largest absolute Gasteiger partial charge is 0.288 e. The molecule has 0 N–H and O–H groups in total. The van der Waals surface area contributed by atoms with Crippen molar-refractivity contribution in [2.45, 2.75) is 46.0 Å². The number of nitrogens with zero attached hydrogens (tertiary/aromatic N) is 2. The van der Waals surface area contributed by atoms with E-state index >= 15 is 0 Å². The maximum Gasteiger partial charge on any atom is 0.166 e. The van der Waals surface area contributed by atoms with Gasteiger partial charge in [0.1, 0.15) is 6.33 Å². The van der Waals surface area contributed by atoms with Gasteiger partial charge < -0.3 is 0 Å². The number of fused-ring (bicyclic) bond motifs is 1. The average molecular weight is 361 g/mol. The van der Waals surface area contributed by atoms with Gasteiger partial charge >= 0.3 is 0 Å². The van der Waals surface area contributed by atoms with E-state index in [1.54, 1.807) is 6.33 Å². The van der Waals surface area contributed by atoms with E-state index in [1.807, 2.05) is 4.57 Å². The van der Waals surface area contributed by atoms with E-state index in [-0.39, 0.29) is 0 Å². The van der Waals surface area contributed by atoms with Crippen LogP contribution in [-0.4, -0.2) is 9.55 Å². The van der Waals surface area contributed by atoms with Crippen molar-refractivity contribution >= 4 is 34.0 Å². The summed E-state index contributed by atoms with van der Waals surface area (Å²) in [5.74, 6) is 0. The molecule has 2 aromatic carbocycles. The standard InChI is InChI=1S/C20H22Cl2N2/c1-3-4-5-6-11-17-16-10-8-7-9-15(16)12-14(2)18(17)24-13-23-19(21)20(24)22/h7-10,12-13H,3-6,11H2,1-2H3. The Morgan fingerprint density at radius 1 is 1.08 bits per heavy atom. The van der Waals surface area contributed by atoms with Gasteiger partial charge in [-0.3, -0.25) is 4.57 Å². The summed E-state index contributed by atoms with van der Waals surface area (Å²) in [6.45, 7) is 4.36. The molecule has 1 aromatic heterocycles. The van der Waals surface area contributed by atoms with Crippen molar-refractivity contribution in [1.82, 2.24) is 9.55 Å². The molecule has 3 aromatic rings. The number of imidazole rings is 1. The summed E-state index contributed by atoms with van der Waals surface area (Å²) >= 11 is 12.5. The molecule has 0 unspecified atom stereocenters. The lowest BCUT2D eigenvalue weighted by Crippen LogP contribution is -2.03. The molecule has 0 spiro atoms. The lowest BCUT2D eigenvalue weighted by Gasteiger charge is -2.18. The van der Waals surface area contributed by atoms with E-state index in [2.05, 4.69) is 49.2 Å². The fourth-order valence-electron chi connectivity index (χ4n) is 3.35. The van der Waals surface area contributed by atoms with Crippen molar-refractivity contribution in [3.05, 3.63) is 58.1 Å². The summed E-state index contributed by atoms with van der Waals surface area (Å²) in [5.41, 5.74) is 3.64. The Hall–Kier alpha value is -1.51. The maximum absolute atomic E-state index is 6.39. The van der Waals surface area contributed by atoms with E-state index in [1.165, 1.54) is 47.6 Å². The number of aryl methyl sites for hydroxylation is 2. The SMILES string of the molecule is CCCCCCc1c(-n2cnc(Cl)c2Cl)c(C)cc2ccccc12. The first-order valence-corrected chi connectivity index (χ1v) is 9.29. The van der Waals surface area contributed by atoms with Gasteiger partial charge in [-0.1, -0.05) is 73.7 Å². The first kappa shape index (κ1) is 17.3. The molecular formula is C20H22Cl2N2. The molecule has 0 saturated carbocycles. The van der Waals surface area contributed by atoms with Gasteiger partial charge in [-0.2, -0.15) is 0 Å². The zero-order valence-corrected chi connectivity index (χ0v) is 15.7. The van der Waals surface area contributed by atoms with Gasteiger partial charge in [0.25, 0.3) is 0 Å². The van der Waals surface area contributed by atoms with E-state index in [4.69, 9.17) is 23.2 Å². The van der Waals surface area contributed by atoms with Crippen LogP contribution in [0.4, 0.5) is 0 Å². The number of rotatable bonds is 6. The first-order chi connectivity index (χ1) is 11.6. The Kier molecular flexibility index (Phi) is 5.47. The van der Waals surface area contributed by atoms with Gasteiger partial charge in [-0.15, -0.1) is 0 Å². The topological polar surface area (TPSA) is 17.8 Å². The van der Waals surface area contributed by atoms with E-state index < -0.39 is 0 Å². The van der Waals surface area contributed by atoms with Gasteiger partial charge in [0.05, 0.1) is 5.69 Å². The third kappa shape index (κ3) is 3.31. The van der Waals surface area contributed by atoms with Crippen LogP contribution in [0.1, 0.15) is 43.7 Å². The molecule has 0 aliphatic carbocycles. The number of hydrogen-bond acceptors (Lipinski definition) is 1. The van der Waals surface area contributed by atoms with Crippen LogP contribution in [0.3, 0.4) is 0 Å². The lowest BCUT2D eigenvalue weighted by molar-refractivity contribution is 0.667. The van der Waals surface area contributed by atoms with Crippen LogP contribution < -0.4 is 0 Å². The van der Waals surface area contributed by atoms with Crippen LogP contribution in [0.15, 0.2) is 36.7 Å². The molecule has 0 radical (unpaired) electrons. The summed E-state index contributed by atoms with van der Waals surface area (Å²) in [6.07, 6.45) is 7.69. The maximum atomic E-state index is 6.39. The van der Waals surface area contributed by atoms with Gasteiger partial charge in [0.15, 0.2) is 10.3 Å². The van der Waals surface area contributed by atoms with Crippen LogP contribution in [0.5, 0.6) is 0 Å². The van der Waals surface area contributed by atoms with Gasteiger partial charge in [0, 0.05) is 0 Å². The summed E-state index contributed by atoms with van der Waals surface area (Å²) in [7, 11) is 0. The van der Waals surface area contributed by atoms with Crippen molar-refractivity contribution in [3.63, 3.8) is 0 Å². The predicted molar refractivity (Wildman–Crippen MR) is 104 cm³/mol. The Morgan fingerprint density at radius 3 is 2.58 bits per heavy atom. The molecule has 0 saturated heterocycles. The van der Waals surface area contributed by atoms with Crippen molar-refractivity contribution in [3.8, 4) is 5.69 Å². The molecule has 126 valence electrons. The molecule has 4 heteroatoms. The fourth-order valence-corrected chi connectivity index (χ4v) is 3.66. The van der Waals surface area contributed by atoms with Crippen molar-refractivity contribution in [2.24, 2.45) is 0 Å². The molecule has 1 heterocycles. The van der Waals surface area contributed by atoms with Crippen LogP contribution >= 0.6 is 23.2 Å². The third-order valence-electron chi connectivity index (χ3n) is 4.51. The second-order valence-corrected chi connectivity index (χ2v) is 6.96. The molecule has 0 bridgehead atoms. The highest BCUT2D eigenvalue weighted by molar-refractivity contribution is 6.40. The molecule has 0 aliphatic heterocycles. The summed E-state index contributed by atoms with van der Waals surface area (Å²) in [6, 6.07) is 10.8. The number of benzene rings is 2. The Labute approximate surface area is 153 Å². The van der Waals surface area contributed by atoms with Gasteiger partial charge in [-0.05, 0) is 47.7 Å².